The van der Waals surface area contributed by atoms with Gasteiger partial charge in [-0.1, -0.05) is 52.4 Å². The third kappa shape index (κ3) is 8.10. The topological polar surface area (TPSA) is 12.5 Å². The lowest BCUT2D eigenvalue weighted by molar-refractivity contribution is 0.0452. The van der Waals surface area contributed by atoms with Gasteiger partial charge in [0.2, 0.25) is 0 Å². The summed E-state index contributed by atoms with van der Waals surface area (Å²) in [6, 6.07) is 0. The number of hydrogen-bond donors (Lipinski definition) is 0. The standard InChI is InChI=1S/C16H35NO/c1-6-8-9-10-11-12-13-16(7-2,15-18-5)14-17(3)4/h6-15H2,1-5H3. The highest BCUT2D eigenvalue weighted by atomic mass is 16.5. The van der Waals surface area contributed by atoms with Crippen molar-refractivity contribution in [2.45, 2.75) is 65.2 Å². The Morgan fingerprint density at radius 2 is 1.56 bits per heavy atom. The van der Waals surface area contributed by atoms with Crippen LogP contribution in [0.2, 0.25) is 0 Å². The number of nitrogens with zero attached hydrogens (tertiary/aromatic N) is 1. The molecule has 0 aromatic heterocycles. The van der Waals surface area contributed by atoms with Crippen LogP contribution in [0.15, 0.2) is 0 Å². The normalized spacial score (nSPS) is 15.0. The SMILES string of the molecule is CCCCCCCCC(CC)(COC)CN(C)C. The highest BCUT2D eigenvalue weighted by molar-refractivity contribution is 4.80. The van der Waals surface area contributed by atoms with Gasteiger partial charge in [0.15, 0.2) is 0 Å². The van der Waals surface area contributed by atoms with E-state index in [0.29, 0.717) is 5.41 Å². The number of methoxy groups -OCH3 is 1. The largest absolute Gasteiger partial charge is 0.384 e. The van der Waals surface area contributed by atoms with Gasteiger partial charge in [0.25, 0.3) is 0 Å². The van der Waals surface area contributed by atoms with Gasteiger partial charge in [-0.15, -0.1) is 0 Å². The summed E-state index contributed by atoms with van der Waals surface area (Å²) in [5.74, 6) is 0. The van der Waals surface area contributed by atoms with Crippen LogP contribution in [-0.2, 0) is 4.74 Å². The van der Waals surface area contributed by atoms with Crippen molar-refractivity contribution in [2.75, 3.05) is 34.4 Å². The smallest absolute Gasteiger partial charge is 0.0530 e. The molecule has 0 aliphatic rings. The molecule has 1 unspecified atom stereocenters. The van der Waals surface area contributed by atoms with Crippen LogP contribution in [0.5, 0.6) is 0 Å². The van der Waals surface area contributed by atoms with Crippen molar-refractivity contribution in [3.05, 3.63) is 0 Å². The zero-order valence-electron chi connectivity index (χ0n) is 13.4. The highest BCUT2D eigenvalue weighted by Crippen LogP contribution is 2.30. The second-order valence-electron chi connectivity index (χ2n) is 6.04. The Balaban J connectivity index is 3.99. The summed E-state index contributed by atoms with van der Waals surface area (Å²) < 4.78 is 5.47. The molecule has 110 valence electrons. The Bertz CT molecular complexity index is 182. The van der Waals surface area contributed by atoms with E-state index in [1.54, 1.807) is 0 Å². The minimum Gasteiger partial charge on any atom is -0.384 e. The zero-order chi connectivity index (χ0) is 13.9. The maximum atomic E-state index is 5.47. The molecule has 1 atom stereocenters. The molecule has 0 N–H and O–H groups in total. The van der Waals surface area contributed by atoms with Gasteiger partial charge in [-0.25, -0.2) is 0 Å². The number of rotatable bonds is 12. The lowest BCUT2D eigenvalue weighted by atomic mass is 9.80. The maximum Gasteiger partial charge on any atom is 0.0530 e. The van der Waals surface area contributed by atoms with Gasteiger partial charge in [-0.3, -0.25) is 0 Å². The second kappa shape index (κ2) is 10.8. The van der Waals surface area contributed by atoms with Gasteiger partial charge in [-0.05, 0) is 26.9 Å². The third-order valence-electron chi connectivity index (χ3n) is 3.91. The number of hydrogen-bond acceptors (Lipinski definition) is 2. The predicted molar refractivity (Wildman–Crippen MR) is 81.1 cm³/mol. The van der Waals surface area contributed by atoms with Gasteiger partial charge in [0.1, 0.15) is 0 Å². The molecule has 0 aromatic carbocycles. The van der Waals surface area contributed by atoms with Gasteiger partial charge in [0.05, 0.1) is 6.61 Å². The lowest BCUT2D eigenvalue weighted by Crippen LogP contribution is -2.37. The quantitative estimate of drug-likeness (QED) is 0.482. The zero-order valence-corrected chi connectivity index (χ0v) is 13.4. The molecule has 0 saturated heterocycles. The van der Waals surface area contributed by atoms with Crippen LogP contribution in [0.3, 0.4) is 0 Å². The molecular formula is C16H35NO. The van der Waals surface area contributed by atoms with Crippen molar-refractivity contribution >= 4 is 0 Å². The fraction of sp³-hybridized carbons (Fsp3) is 1.00. The van der Waals surface area contributed by atoms with Crippen molar-refractivity contribution in [3.8, 4) is 0 Å². The summed E-state index contributed by atoms with van der Waals surface area (Å²) in [4.78, 5) is 2.31. The van der Waals surface area contributed by atoms with E-state index < -0.39 is 0 Å². The van der Waals surface area contributed by atoms with E-state index in [1.807, 2.05) is 7.11 Å². The first kappa shape index (κ1) is 17.9. The van der Waals surface area contributed by atoms with Gasteiger partial charge < -0.3 is 9.64 Å². The van der Waals surface area contributed by atoms with Gasteiger partial charge >= 0.3 is 0 Å². The number of unbranched alkanes of at least 4 members (excludes halogenated alkanes) is 5. The van der Waals surface area contributed by atoms with Crippen LogP contribution in [0.4, 0.5) is 0 Å². The van der Waals surface area contributed by atoms with Crippen molar-refractivity contribution in [1.29, 1.82) is 0 Å². The first-order valence-electron chi connectivity index (χ1n) is 7.74. The van der Waals surface area contributed by atoms with E-state index in [2.05, 4.69) is 32.8 Å². The summed E-state index contributed by atoms with van der Waals surface area (Å²) in [6.07, 6.45) is 10.8. The Morgan fingerprint density at radius 3 is 2.06 bits per heavy atom. The lowest BCUT2D eigenvalue weighted by Gasteiger charge is -2.35. The highest BCUT2D eigenvalue weighted by Gasteiger charge is 2.28. The molecule has 18 heavy (non-hydrogen) atoms. The molecule has 0 rings (SSSR count). The van der Waals surface area contributed by atoms with E-state index in [9.17, 15) is 0 Å². The van der Waals surface area contributed by atoms with E-state index >= 15 is 0 Å². The molecule has 0 aliphatic carbocycles. The predicted octanol–water partition coefficient (Wildman–Crippen LogP) is 4.34. The van der Waals surface area contributed by atoms with Crippen LogP contribution >= 0.6 is 0 Å². The molecule has 0 aromatic rings. The van der Waals surface area contributed by atoms with Crippen molar-refractivity contribution < 1.29 is 4.74 Å². The first-order chi connectivity index (χ1) is 8.60. The molecule has 0 heterocycles. The van der Waals surface area contributed by atoms with E-state index in [-0.39, 0.29) is 0 Å². The van der Waals surface area contributed by atoms with Crippen molar-refractivity contribution in [2.24, 2.45) is 5.41 Å². The first-order valence-corrected chi connectivity index (χ1v) is 7.74. The molecule has 0 radical (unpaired) electrons. The maximum absolute atomic E-state index is 5.47. The molecule has 0 amide bonds. The van der Waals surface area contributed by atoms with E-state index in [0.717, 1.165) is 13.2 Å². The van der Waals surface area contributed by atoms with Crippen molar-refractivity contribution in [3.63, 3.8) is 0 Å². The molecular weight excluding hydrogens is 222 g/mol. The summed E-state index contributed by atoms with van der Waals surface area (Å²) in [6.45, 7) is 6.63. The molecule has 2 nitrogen and oxygen atoms in total. The molecule has 0 aliphatic heterocycles. The Kier molecular flexibility index (Phi) is 10.8. The molecule has 0 saturated carbocycles. The van der Waals surface area contributed by atoms with Crippen LogP contribution in [0.1, 0.15) is 65.2 Å². The second-order valence-corrected chi connectivity index (χ2v) is 6.04. The fourth-order valence-electron chi connectivity index (χ4n) is 2.84. The van der Waals surface area contributed by atoms with Crippen LogP contribution in [0.25, 0.3) is 0 Å². The minimum absolute atomic E-state index is 0.364. The average Bonchev–Trinajstić information content (AvgIpc) is 2.33. The van der Waals surface area contributed by atoms with Crippen LogP contribution in [-0.4, -0.2) is 39.3 Å². The molecule has 0 spiro atoms. The fourth-order valence-corrected chi connectivity index (χ4v) is 2.84. The molecule has 0 bridgehead atoms. The summed E-state index contributed by atoms with van der Waals surface area (Å²) in [7, 11) is 6.17. The third-order valence-corrected chi connectivity index (χ3v) is 3.91. The average molecular weight is 257 g/mol. The summed E-state index contributed by atoms with van der Waals surface area (Å²) in [5.41, 5.74) is 0.364. The molecule has 2 heteroatoms. The number of ether oxygens (including phenoxy) is 1. The van der Waals surface area contributed by atoms with Gasteiger partial charge in [-0.2, -0.15) is 0 Å². The van der Waals surface area contributed by atoms with E-state index in [4.69, 9.17) is 4.74 Å². The minimum atomic E-state index is 0.364. The van der Waals surface area contributed by atoms with Crippen molar-refractivity contribution in [1.82, 2.24) is 4.90 Å². The molecule has 0 fully saturated rings. The monoisotopic (exact) mass is 257 g/mol. The summed E-state index contributed by atoms with van der Waals surface area (Å²) >= 11 is 0. The van der Waals surface area contributed by atoms with Crippen LogP contribution < -0.4 is 0 Å². The van der Waals surface area contributed by atoms with E-state index in [1.165, 1.54) is 51.4 Å². The Morgan fingerprint density at radius 1 is 0.944 bits per heavy atom. The summed E-state index contributed by atoms with van der Waals surface area (Å²) in [5, 5.41) is 0. The Hall–Kier alpha value is -0.0800. The van der Waals surface area contributed by atoms with Gasteiger partial charge in [0, 0.05) is 19.1 Å². The Labute approximate surface area is 115 Å². The van der Waals surface area contributed by atoms with Crippen LogP contribution in [0, 0.1) is 5.41 Å².